The van der Waals surface area contributed by atoms with E-state index >= 15 is 0 Å². The van der Waals surface area contributed by atoms with Gasteiger partial charge in [0.15, 0.2) is 5.17 Å². The van der Waals surface area contributed by atoms with Crippen molar-refractivity contribution in [1.82, 2.24) is 5.32 Å². The Morgan fingerprint density at radius 1 is 1.38 bits per heavy atom. The highest BCUT2D eigenvalue weighted by Gasteiger charge is 2.25. The van der Waals surface area contributed by atoms with Crippen molar-refractivity contribution in [1.29, 1.82) is 0 Å². The molecule has 16 heavy (non-hydrogen) atoms. The van der Waals surface area contributed by atoms with Gasteiger partial charge in [-0.05, 0) is 38.0 Å². The molecule has 0 bridgehead atoms. The fourth-order valence-electron chi connectivity index (χ4n) is 1.48. The molecule has 0 radical (unpaired) electrons. The van der Waals surface area contributed by atoms with Gasteiger partial charge in [0, 0.05) is 0 Å². The van der Waals surface area contributed by atoms with Crippen LogP contribution in [0.1, 0.15) is 18.1 Å². The highest BCUT2D eigenvalue weighted by molar-refractivity contribution is 8.15. The van der Waals surface area contributed by atoms with Gasteiger partial charge in [-0.1, -0.05) is 23.9 Å². The number of amidine groups is 1. The molecule has 1 heterocycles. The van der Waals surface area contributed by atoms with E-state index in [1.54, 1.807) is 0 Å². The largest absolute Gasteiger partial charge is 0.304 e. The predicted octanol–water partition coefficient (Wildman–Crippen LogP) is 2.54. The highest BCUT2D eigenvalue weighted by atomic mass is 32.2. The summed E-state index contributed by atoms with van der Waals surface area (Å²) in [5, 5.41) is 3.43. The SMILES string of the molecule is Cc1cccc(N=C2NC(=O)[C@@H](C)S2)c1C. The van der Waals surface area contributed by atoms with E-state index in [0.717, 1.165) is 11.3 Å². The maximum atomic E-state index is 11.3. The number of benzene rings is 1. The molecule has 2 rings (SSSR count). The Kier molecular flexibility index (Phi) is 3.01. The number of nitrogens with one attached hydrogen (secondary N) is 1. The van der Waals surface area contributed by atoms with Crippen LogP contribution >= 0.6 is 11.8 Å². The maximum absolute atomic E-state index is 11.3. The summed E-state index contributed by atoms with van der Waals surface area (Å²) in [6, 6.07) is 6.00. The molecule has 4 heteroatoms. The number of carbonyl (C=O) groups excluding carboxylic acids is 1. The number of carbonyl (C=O) groups is 1. The van der Waals surface area contributed by atoms with Gasteiger partial charge in [-0.25, -0.2) is 4.99 Å². The van der Waals surface area contributed by atoms with Crippen molar-refractivity contribution in [3.8, 4) is 0 Å². The first-order chi connectivity index (χ1) is 7.58. The zero-order valence-electron chi connectivity index (χ0n) is 9.57. The van der Waals surface area contributed by atoms with E-state index in [2.05, 4.69) is 23.3 Å². The molecule has 1 aromatic rings. The highest BCUT2D eigenvalue weighted by Crippen LogP contribution is 2.25. The molecule has 1 atom stereocenters. The molecule has 1 aliphatic heterocycles. The Bertz CT molecular complexity index is 468. The lowest BCUT2D eigenvalue weighted by molar-refractivity contribution is -0.118. The third kappa shape index (κ3) is 2.11. The standard InChI is InChI=1S/C12H14N2OS/c1-7-5-4-6-10(8(7)2)13-12-14-11(15)9(3)16-12/h4-6,9H,1-3H3,(H,13,14,15)/t9-/m1/s1. The van der Waals surface area contributed by atoms with Crippen LogP contribution in [0.25, 0.3) is 0 Å². The van der Waals surface area contributed by atoms with E-state index in [1.807, 2.05) is 26.0 Å². The van der Waals surface area contributed by atoms with Crippen LogP contribution in [0, 0.1) is 13.8 Å². The minimum atomic E-state index is -0.0381. The topological polar surface area (TPSA) is 41.5 Å². The zero-order chi connectivity index (χ0) is 11.7. The summed E-state index contributed by atoms with van der Waals surface area (Å²) in [4.78, 5) is 15.8. The van der Waals surface area contributed by atoms with Gasteiger partial charge in [0.2, 0.25) is 5.91 Å². The van der Waals surface area contributed by atoms with Gasteiger partial charge in [0.25, 0.3) is 0 Å². The molecular formula is C12H14N2OS. The lowest BCUT2D eigenvalue weighted by atomic mass is 10.1. The molecule has 1 N–H and O–H groups in total. The van der Waals surface area contributed by atoms with Gasteiger partial charge in [-0.15, -0.1) is 0 Å². The minimum absolute atomic E-state index is 0.0362. The molecule has 1 aromatic carbocycles. The molecule has 3 nitrogen and oxygen atoms in total. The first kappa shape index (κ1) is 11.2. The second-order valence-corrected chi connectivity index (χ2v) is 5.21. The molecular weight excluding hydrogens is 220 g/mol. The van der Waals surface area contributed by atoms with Gasteiger partial charge in [-0.3, -0.25) is 4.79 Å². The monoisotopic (exact) mass is 234 g/mol. The van der Waals surface area contributed by atoms with Crippen LogP contribution in [0.3, 0.4) is 0 Å². The van der Waals surface area contributed by atoms with Crippen molar-refractivity contribution in [3.63, 3.8) is 0 Å². The van der Waals surface area contributed by atoms with Crippen molar-refractivity contribution in [2.45, 2.75) is 26.0 Å². The summed E-state index contributed by atoms with van der Waals surface area (Å²) in [5.74, 6) is 0.0362. The average Bonchev–Trinajstić information content (AvgIpc) is 2.54. The third-order valence-corrected chi connectivity index (χ3v) is 3.67. The van der Waals surface area contributed by atoms with E-state index in [9.17, 15) is 4.79 Å². The normalized spacial score (nSPS) is 22.6. The third-order valence-electron chi connectivity index (χ3n) is 2.69. The second kappa shape index (κ2) is 4.29. The Morgan fingerprint density at radius 2 is 2.12 bits per heavy atom. The Morgan fingerprint density at radius 3 is 2.75 bits per heavy atom. The summed E-state index contributed by atoms with van der Waals surface area (Å²) < 4.78 is 0. The van der Waals surface area contributed by atoms with Gasteiger partial charge >= 0.3 is 0 Å². The number of hydrogen-bond donors (Lipinski definition) is 1. The summed E-state index contributed by atoms with van der Waals surface area (Å²) in [7, 11) is 0. The Labute approximate surface area is 99.3 Å². The zero-order valence-corrected chi connectivity index (χ0v) is 10.4. The van der Waals surface area contributed by atoms with Crippen molar-refractivity contribution >= 4 is 28.5 Å². The average molecular weight is 234 g/mol. The Hall–Kier alpha value is -1.29. The van der Waals surface area contributed by atoms with Crippen LogP contribution in [0.4, 0.5) is 5.69 Å². The van der Waals surface area contributed by atoms with E-state index in [0.29, 0.717) is 5.17 Å². The van der Waals surface area contributed by atoms with E-state index in [-0.39, 0.29) is 11.2 Å². The molecule has 1 aliphatic rings. The van der Waals surface area contributed by atoms with Crippen LogP contribution in [-0.2, 0) is 4.79 Å². The molecule has 1 saturated heterocycles. The summed E-state index contributed by atoms with van der Waals surface area (Å²) in [6.45, 7) is 5.98. The second-order valence-electron chi connectivity index (χ2n) is 3.89. The van der Waals surface area contributed by atoms with Gasteiger partial charge < -0.3 is 5.32 Å². The first-order valence-electron chi connectivity index (χ1n) is 5.20. The number of nitrogens with zero attached hydrogens (tertiary/aromatic N) is 1. The molecule has 0 aliphatic carbocycles. The minimum Gasteiger partial charge on any atom is -0.304 e. The number of rotatable bonds is 1. The predicted molar refractivity (Wildman–Crippen MR) is 68.2 cm³/mol. The molecule has 0 aromatic heterocycles. The number of hydrogen-bond acceptors (Lipinski definition) is 3. The number of amides is 1. The van der Waals surface area contributed by atoms with Crippen molar-refractivity contribution < 1.29 is 4.79 Å². The van der Waals surface area contributed by atoms with Gasteiger partial charge in [-0.2, -0.15) is 0 Å². The fourth-order valence-corrected chi connectivity index (χ4v) is 2.29. The summed E-state index contributed by atoms with van der Waals surface area (Å²) in [5.41, 5.74) is 3.30. The maximum Gasteiger partial charge on any atom is 0.239 e. The smallest absolute Gasteiger partial charge is 0.239 e. The lowest BCUT2D eigenvalue weighted by Gasteiger charge is -2.04. The fraction of sp³-hybridized carbons (Fsp3) is 0.333. The van der Waals surface area contributed by atoms with E-state index < -0.39 is 0 Å². The van der Waals surface area contributed by atoms with Crippen LogP contribution in [0.5, 0.6) is 0 Å². The van der Waals surface area contributed by atoms with Crippen LogP contribution < -0.4 is 5.32 Å². The van der Waals surface area contributed by atoms with Crippen LogP contribution in [-0.4, -0.2) is 16.3 Å². The molecule has 0 saturated carbocycles. The molecule has 0 spiro atoms. The molecule has 0 unspecified atom stereocenters. The number of aliphatic imine (C=N–C) groups is 1. The van der Waals surface area contributed by atoms with E-state index in [4.69, 9.17) is 0 Å². The van der Waals surface area contributed by atoms with Crippen molar-refractivity contribution in [2.75, 3.05) is 0 Å². The Balaban J connectivity index is 2.30. The summed E-state index contributed by atoms with van der Waals surface area (Å²) >= 11 is 1.47. The molecule has 1 amide bonds. The number of thioether (sulfide) groups is 1. The van der Waals surface area contributed by atoms with E-state index in [1.165, 1.54) is 17.3 Å². The molecule has 84 valence electrons. The summed E-state index contributed by atoms with van der Waals surface area (Å²) in [6.07, 6.45) is 0. The van der Waals surface area contributed by atoms with Crippen LogP contribution in [0.15, 0.2) is 23.2 Å². The quantitative estimate of drug-likeness (QED) is 0.811. The van der Waals surface area contributed by atoms with Crippen molar-refractivity contribution in [3.05, 3.63) is 29.3 Å². The first-order valence-corrected chi connectivity index (χ1v) is 6.08. The van der Waals surface area contributed by atoms with Gasteiger partial charge in [0.1, 0.15) is 0 Å². The lowest BCUT2D eigenvalue weighted by Crippen LogP contribution is -2.23. The number of aryl methyl sites for hydroxylation is 1. The van der Waals surface area contributed by atoms with Crippen LogP contribution in [0.2, 0.25) is 0 Å². The van der Waals surface area contributed by atoms with Crippen molar-refractivity contribution in [2.24, 2.45) is 4.99 Å². The molecule has 1 fully saturated rings. The van der Waals surface area contributed by atoms with Gasteiger partial charge in [0.05, 0.1) is 10.9 Å².